The van der Waals surface area contributed by atoms with Gasteiger partial charge in [-0.15, -0.1) is 10.2 Å². The van der Waals surface area contributed by atoms with E-state index in [9.17, 15) is 0 Å². The fourth-order valence-electron chi connectivity index (χ4n) is 3.27. The fraction of sp³-hybridized carbons (Fsp3) is 0.526. The standard InChI is InChI=1S/C19H29N7/c1-20-19(21-11-5-6-12-25-15-22-23-16-25)24-17-9-13-26(14-10-17)18-7-3-2-4-8-18/h2-4,7-8,15-17H,5-6,9-14H2,1H3,(H2,20,21,24). The van der Waals surface area contributed by atoms with Crippen LogP contribution < -0.4 is 15.5 Å². The molecule has 7 nitrogen and oxygen atoms in total. The molecule has 1 saturated heterocycles. The molecule has 2 N–H and O–H groups in total. The van der Waals surface area contributed by atoms with Crippen molar-refractivity contribution in [1.29, 1.82) is 0 Å². The predicted molar refractivity (Wildman–Crippen MR) is 105 cm³/mol. The zero-order valence-corrected chi connectivity index (χ0v) is 15.5. The maximum Gasteiger partial charge on any atom is 0.191 e. The molecule has 1 aromatic carbocycles. The van der Waals surface area contributed by atoms with E-state index >= 15 is 0 Å². The first kappa shape index (κ1) is 18.2. The number of aryl methyl sites for hydroxylation is 1. The largest absolute Gasteiger partial charge is 0.371 e. The van der Waals surface area contributed by atoms with Crippen LogP contribution in [0.5, 0.6) is 0 Å². The Hall–Kier alpha value is -2.57. The van der Waals surface area contributed by atoms with E-state index in [2.05, 4.69) is 61.1 Å². The molecule has 2 heterocycles. The molecule has 0 unspecified atom stereocenters. The fourth-order valence-corrected chi connectivity index (χ4v) is 3.27. The van der Waals surface area contributed by atoms with Crippen LogP contribution in [0.15, 0.2) is 48.0 Å². The second kappa shape index (κ2) is 9.79. The first-order valence-electron chi connectivity index (χ1n) is 9.45. The van der Waals surface area contributed by atoms with E-state index in [-0.39, 0.29) is 0 Å². The van der Waals surface area contributed by atoms with E-state index in [0.29, 0.717) is 6.04 Å². The molecule has 0 bridgehead atoms. The van der Waals surface area contributed by atoms with Crippen molar-refractivity contribution in [1.82, 2.24) is 25.4 Å². The first-order valence-corrected chi connectivity index (χ1v) is 9.45. The molecule has 1 aromatic heterocycles. The van der Waals surface area contributed by atoms with Crippen LogP contribution in [0.25, 0.3) is 0 Å². The number of anilines is 1. The third-order valence-electron chi connectivity index (χ3n) is 4.78. The number of unbranched alkanes of at least 4 members (excludes halogenated alkanes) is 1. The van der Waals surface area contributed by atoms with Crippen molar-refractivity contribution in [3.63, 3.8) is 0 Å². The molecule has 2 aromatic rings. The molecule has 0 saturated carbocycles. The van der Waals surface area contributed by atoms with Crippen molar-refractivity contribution in [3.05, 3.63) is 43.0 Å². The molecule has 0 aliphatic carbocycles. The first-order chi connectivity index (χ1) is 12.8. The molecule has 7 heteroatoms. The Balaban J connectivity index is 1.32. The Morgan fingerprint density at radius 1 is 1.12 bits per heavy atom. The Morgan fingerprint density at radius 3 is 2.54 bits per heavy atom. The minimum Gasteiger partial charge on any atom is -0.371 e. The van der Waals surface area contributed by atoms with Gasteiger partial charge in [-0.05, 0) is 37.8 Å². The number of aromatic nitrogens is 3. The third-order valence-corrected chi connectivity index (χ3v) is 4.78. The monoisotopic (exact) mass is 355 g/mol. The number of piperidine rings is 1. The van der Waals surface area contributed by atoms with E-state index in [1.54, 1.807) is 12.7 Å². The highest BCUT2D eigenvalue weighted by Crippen LogP contribution is 2.19. The summed E-state index contributed by atoms with van der Waals surface area (Å²) >= 11 is 0. The van der Waals surface area contributed by atoms with Gasteiger partial charge in [-0.25, -0.2) is 0 Å². The molecular weight excluding hydrogens is 326 g/mol. The molecule has 0 radical (unpaired) electrons. The zero-order chi connectivity index (χ0) is 18.0. The third kappa shape index (κ3) is 5.47. The van der Waals surface area contributed by atoms with Crippen molar-refractivity contribution < 1.29 is 0 Å². The topological polar surface area (TPSA) is 70.4 Å². The SMILES string of the molecule is CN=C(NCCCCn1cnnc1)NC1CCN(c2ccccc2)CC1. The van der Waals surface area contributed by atoms with Crippen molar-refractivity contribution in [2.24, 2.45) is 4.99 Å². The molecule has 3 rings (SSSR count). The summed E-state index contributed by atoms with van der Waals surface area (Å²) in [5, 5.41) is 14.6. The van der Waals surface area contributed by atoms with Crippen molar-refractivity contribution in [2.45, 2.75) is 38.3 Å². The lowest BCUT2D eigenvalue weighted by atomic mass is 10.0. The highest BCUT2D eigenvalue weighted by molar-refractivity contribution is 5.79. The summed E-state index contributed by atoms with van der Waals surface area (Å²) in [7, 11) is 1.84. The average molecular weight is 355 g/mol. The molecule has 140 valence electrons. The number of benzene rings is 1. The van der Waals surface area contributed by atoms with Gasteiger partial charge in [-0.3, -0.25) is 4.99 Å². The highest BCUT2D eigenvalue weighted by Gasteiger charge is 2.19. The van der Waals surface area contributed by atoms with Crippen LogP contribution >= 0.6 is 0 Å². The van der Waals surface area contributed by atoms with Crippen LogP contribution in [0.3, 0.4) is 0 Å². The van der Waals surface area contributed by atoms with Crippen LogP contribution in [-0.4, -0.2) is 53.4 Å². The summed E-state index contributed by atoms with van der Waals surface area (Å²) < 4.78 is 2.01. The molecule has 26 heavy (non-hydrogen) atoms. The van der Waals surface area contributed by atoms with Gasteiger partial charge in [0.2, 0.25) is 0 Å². The normalized spacial score (nSPS) is 15.9. The minimum atomic E-state index is 0.484. The van der Waals surface area contributed by atoms with E-state index < -0.39 is 0 Å². The van der Waals surface area contributed by atoms with Gasteiger partial charge < -0.3 is 20.1 Å². The number of nitrogens with zero attached hydrogens (tertiary/aromatic N) is 5. The van der Waals surface area contributed by atoms with Crippen LogP contribution in [-0.2, 0) is 6.54 Å². The van der Waals surface area contributed by atoms with Crippen molar-refractivity contribution >= 4 is 11.6 Å². The van der Waals surface area contributed by atoms with E-state index in [4.69, 9.17) is 0 Å². The molecular formula is C19H29N7. The maximum absolute atomic E-state index is 4.36. The number of guanidine groups is 1. The number of para-hydroxylation sites is 1. The van der Waals surface area contributed by atoms with Gasteiger partial charge in [0.15, 0.2) is 5.96 Å². The van der Waals surface area contributed by atoms with E-state index in [1.807, 2.05) is 11.6 Å². The molecule has 1 aliphatic heterocycles. The second-order valence-corrected chi connectivity index (χ2v) is 6.65. The Morgan fingerprint density at radius 2 is 1.85 bits per heavy atom. The summed E-state index contributed by atoms with van der Waals surface area (Å²) in [5.41, 5.74) is 1.32. The lowest BCUT2D eigenvalue weighted by Gasteiger charge is -2.34. The van der Waals surface area contributed by atoms with Gasteiger partial charge in [0, 0.05) is 45.0 Å². The number of hydrogen-bond acceptors (Lipinski definition) is 4. The van der Waals surface area contributed by atoms with Crippen LogP contribution in [0, 0.1) is 0 Å². The van der Waals surface area contributed by atoms with Crippen molar-refractivity contribution in [3.8, 4) is 0 Å². The summed E-state index contributed by atoms with van der Waals surface area (Å²) in [4.78, 5) is 6.82. The lowest BCUT2D eigenvalue weighted by Crippen LogP contribution is -2.48. The van der Waals surface area contributed by atoms with Gasteiger partial charge in [0.25, 0.3) is 0 Å². The van der Waals surface area contributed by atoms with Crippen molar-refractivity contribution in [2.75, 3.05) is 31.6 Å². The number of nitrogens with one attached hydrogen (secondary N) is 2. The summed E-state index contributed by atoms with van der Waals surface area (Å²) in [6.07, 6.45) is 7.96. The molecule has 0 atom stereocenters. The number of rotatable bonds is 7. The van der Waals surface area contributed by atoms with E-state index in [1.165, 1.54) is 5.69 Å². The zero-order valence-electron chi connectivity index (χ0n) is 15.5. The molecule has 1 fully saturated rings. The average Bonchev–Trinajstić information content (AvgIpc) is 3.21. The smallest absolute Gasteiger partial charge is 0.191 e. The Bertz CT molecular complexity index is 646. The molecule has 0 amide bonds. The van der Waals surface area contributed by atoms with Gasteiger partial charge in [0.05, 0.1) is 0 Å². The van der Waals surface area contributed by atoms with Gasteiger partial charge in [-0.1, -0.05) is 18.2 Å². The summed E-state index contributed by atoms with van der Waals surface area (Å²) in [6, 6.07) is 11.1. The maximum atomic E-state index is 4.36. The number of hydrogen-bond donors (Lipinski definition) is 2. The Labute approximate surface area is 155 Å². The van der Waals surface area contributed by atoms with Gasteiger partial charge in [0.1, 0.15) is 12.7 Å². The lowest BCUT2D eigenvalue weighted by molar-refractivity contribution is 0.461. The van der Waals surface area contributed by atoms with E-state index in [0.717, 1.165) is 57.8 Å². The molecule has 1 aliphatic rings. The van der Waals surface area contributed by atoms with Crippen LogP contribution in [0.1, 0.15) is 25.7 Å². The quantitative estimate of drug-likeness (QED) is 0.451. The highest BCUT2D eigenvalue weighted by atomic mass is 15.2. The number of aliphatic imine (C=N–C) groups is 1. The van der Waals surface area contributed by atoms with Crippen LogP contribution in [0.2, 0.25) is 0 Å². The summed E-state index contributed by atoms with van der Waals surface area (Å²) in [6.45, 7) is 4.04. The minimum absolute atomic E-state index is 0.484. The van der Waals surface area contributed by atoms with Gasteiger partial charge in [-0.2, -0.15) is 0 Å². The van der Waals surface area contributed by atoms with Crippen LogP contribution in [0.4, 0.5) is 5.69 Å². The van der Waals surface area contributed by atoms with Gasteiger partial charge >= 0.3 is 0 Å². The predicted octanol–water partition coefficient (Wildman–Crippen LogP) is 1.89. The second-order valence-electron chi connectivity index (χ2n) is 6.65. The summed E-state index contributed by atoms with van der Waals surface area (Å²) in [5.74, 6) is 0.910. The Kier molecular flexibility index (Phi) is 6.87. The molecule has 0 spiro atoms.